The minimum atomic E-state index is -0.480. The number of carbonyl (C=O) groups excluding carboxylic acids is 1. The number of anilines is 1. The van der Waals surface area contributed by atoms with Crippen molar-refractivity contribution in [1.82, 2.24) is 14.9 Å². The fourth-order valence-electron chi connectivity index (χ4n) is 3.24. The summed E-state index contributed by atoms with van der Waals surface area (Å²) in [6, 6.07) is 1.75. The highest BCUT2D eigenvalue weighted by Gasteiger charge is 2.55. The zero-order valence-corrected chi connectivity index (χ0v) is 13.9. The molecule has 8 heteroatoms. The van der Waals surface area contributed by atoms with E-state index in [1.807, 2.05) is 25.7 Å². The number of amides is 1. The summed E-state index contributed by atoms with van der Waals surface area (Å²) in [5.74, 6) is -0.436. The fourth-order valence-corrected chi connectivity index (χ4v) is 3.24. The Hall–Kier alpha value is -2.38. The summed E-state index contributed by atoms with van der Waals surface area (Å²) in [4.78, 5) is 23.8. The third-order valence-corrected chi connectivity index (χ3v) is 4.23. The van der Waals surface area contributed by atoms with Crippen molar-refractivity contribution in [2.24, 2.45) is 5.41 Å². The third kappa shape index (κ3) is 2.55. The first-order chi connectivity index (χ1) is 11.2. The van der Waals surface area contributed by atoms with Crippen molar-refractivity contribution in [1.29, 1.82) is 0 Å². The second kappa shape index (κ2) is 4.81. The van der Waals surface area contributed by atoms with Crippen LogP contribution in [0.5, 0.6) is 0 Å². The van der Waals surface area contributed by atoms with Gasteiger partial charge in [0, 0.05) is 37.7 Å². The van der Waals surface area contributed by atoms with Crippen molar-refractivity contribution in [3.05, 3.63) is 18.1 Å². The second-order valence-corrected chi connectivity index (χ2v) is 7.67. The highest BCUT2D eigenvalue weighted by Crippen LogP contribution is 2.42. The normalized spacial score (nSPS) is 19.3. The minimum Gasteiger partial charge on any atom is -0.444 e. The Morgan fingerprint density at radius 2 is 2.04 bits per heavy atom. The van der Waals surface area contributed by atoms with Crippen LogP contribution in [0.3, 0.4) is 0 Å². The molecule has 4 heterocycles. The molecule has 2 aromatic heterocycles. The highest BCUT2D eigenvalue weighted by molar-refractivity contribution is 5.71. The molecular weight excluding hydrogens is 315 g/mol. The maximum absolute atomic E-state index is 13.2. The molecule has 2 fully saturated rings. The van der Waals surface area contributed by atoms with Crippen LogP contribution in [0.4, 0.5) is 15.2 Å². The number of rotatable bonds is 1. The van der Waals surface area contributed by atoms with Gasteiger partial charge in [-0.25, -0.2) is 14.2 Å². The number of likely N-dealkylation sites (tertiary alicyclic amines) is 1. The summed E-state index contributed by atoms with van der Waals surface area (Å²) < 4.78 is 24.1. The molecule has 128 valence electrons. The first-order valence-corrected chi connectivity index (χ1v) is 7.88. The lowest BCUT2D eigenvalue weighted by molar-refractivity contribution is -0.0463. The molecule has 0 aliphatic carbocycles. The number of fused-ring (bicyclic) bond motifs is 1. The summed E-state index contributed by atoms with van der Waals surface area (Å²) >= 11 is 0. The van der Waals surface area contributed by atoms with Crippen LogP contribution in [0.15, 0.2) is 16.7 Å². The molecule has 0 saturated carbocycles. The molecule has 1 spiro atoms. The number of hydrogen-bond acceptors (Lipinski definition) is 6. The lowest BCUT2D eigenvalue weighted by Gasteiger charge is -2.59. The number of oxazole rings is 1. The Morgan fingerprint density at radius 3 is 2.71 bits per heavy atom. The van der Waals surface area contributed by atoms with Gasteiger partial charge in [-0.15, -0.1) is 0 Å². The molecule has 0 radical (unpaired) electrons. The van der Waals surface area contributed by atoms with Crippen LogP contribution in [0.2, 0.25) is 0 Å². The molecule has 1 amide bonds. The average molecular weight is 334 g/mol. The molecule has 2 aliphatic heterocycles. The first-order valence-electron chi connectivity index (χ1n) is 7.88. The molecule has 0 aromatic carbocycles. The maximum Gasteiger partial charge on any atom is 0.410 e. The van der Waals surface area contributed by atoms with E-state index in [1.54, 1.807) is 4.90 Å². The average Bonchev–Trinajstić information content (AvgIpc) is 2.75. The molecular formula is C16H19FN4O3. The Bertz CT molecular complexity index is 799. The summed E-state index contributed by atoms with van der Waals surface area (Å²) in [5, 5.41) is 0. The molecule has 0 N–H and O–H groups in total. The van der Waals surface area contributed by atoms with Crippen molar-refractivity contribution in [3.8, 4) is 0 Å². The molecule has 24 heavy (non-hydrogen) atoms. The van der Waals surface area contributed by atoms with Gasteiger partial charge in [0.05, 0.1) is 6.20 Å². The van der Waals surface area contributed by atoms with Gasteiger partial charge in [-0.05, 0) is 20.8 Å². The van der Waals surface area contributed by atoms with Crippen LogP contribution in [0, 0.1) is 11.2 Å². The third-order valence-electron chi connectivity index (χ3n) is 4.23. The molecule has 0 bridgehead atoms. The van der Waals surface area contributed by atoms with Gasteiger partial charge >= 0.3 is 6.09 Å². The Morgan fingerprint density at radius 1 is 1.33 bits per heavy atom. The molecule has 7 nitrogen and oxygen atoms in total. The van der Waals surface area contributed by atoms with E-state index >= 15 is 0 Å². The van der Waals surface area contributed by atoms with Gasteiger partial charge in [-0.2, -0.15) is 4.98 Å². The van der Waals surface area contributed by atoms with Crippen LogP contribution < -0.4 is 4.90 Å². The number of halogens is 1. The predicted molar refractivity (Wildman–Crippen MR) is 84.2 cm³/mol. The molecule has 4 rings (SSSR count). The summed E-state index contributed by atoms with van der Waals surface area (Å²) in [6.45, 7) is 8.42. The number of ether oxygens (including phenoxy) is 1. The van der Waals surface area contributed by atoms with Gasteiger partial charge in [0.1, 0.15) is 16.9 Å². The van der Waals surface area contributed by atoms with Crippen LogP contribution in [-0.4, -0.2) is 52.7 Å². The summed E-state index contributed by atoms with van der Waals surface area (Å²) in [5.41, 5.74) is 0.341. The van der Waals surface area contributed by atoms with E-state index < -0.39 is 11.4 Å². The number of pyridine rings is 1. The largest absolute Gasteiger partial charge is 0.444 e. The van der Waals surface area contributed by atoms with Gasteiger partial charge in [-0.3, -0.25) is 0 Å². The quantitative estimate of drug-likeness (QED) is 0.797. The number of hydrogen-bond donors (Lipinski definition) is 0. The molecule has 2 aliphatic rings. The van der Waals surface area contributed by atoms with E-state index in [-0.39, 0.29) is 11.5 Å². The maximum atomic E-state index is 13.2. The lowest BCUT2D eigenvalue weighted by atomic mass is 9.73. The number of carbonyl (C=O) groups is 1. The lowest BCUT2D eigenvalue weighted by Crippen LogP contribution is -2.73. The monoisotopic (exact) mass is 334 g/mol. The molecule has 2 aromatic rings. The van der Waals surface area contributed by atoms with Crippen molar-refractivity contribution in [3.63, 3.8) is 0 Å². The van der Waals surface area contributed by atoms with Gasteiger partial charge in [0.2, 0.25) is 5.71 Å². The molecule has 0 unspecified atom stereocenters. The highest BCUT2D eigenvalue weighted by atomic mass is 19.1. The van der Waals surface area contributed by atoms with Gasteiger partial charge in [0.25, 0.3) is 6.01 Å². The Kier molecular flexibility index (Phi) is 3.04. The topological polar surface area (TPSA) is 71.7 Å². The van der Waals surface area contributed by atoms with Crippen molar-refractivity contribution in [2.45, 2.75) is 26.4 Å². The van der Waals surface area contributed by atoms with Crippen LogP contribution in [-0.2, 0) is 4.74 Å². The first kappa shape index (κ1) is 15.2. The standard InChI is InChI=1S/C16H19FN4O3/c1-15(2,3)24-14(22)21-8-16(9-21)6-20(7-16)13-19-11-4-10(17)5-18-12(11)23-13/h4-5H,6-9H2,1-3H3. The van der Waals surface area contributed by atoms with Crippen molar-refractivity contribution < 1.29 is 18.3 Å². The van der Waals surface area contributed by atoms with E-state index in [0.29, 0.717) is 30.3 Å². The molecule has 2 saturated heterocycles. The van der Waals surface area contributed by atoms with Crippen LogP contribution in [0.1, 0.15) is 20.8 Å². The summed E-state index contributed by atoms with van der Waals surface area (Å²) in [7, 11) is 0. The van der Waals surface area contributed by atoms with E-state index in [4.69, 9.17) is 9.15 Å². The SMILES string of the molecule is CC(C)(C)OC(=O)N1CC2(C1)CN(c1nc3cc(F)cnc3o1)C2. The number of aromatic nitrogens is 2. The van der Waals surface area contributed by atoms with Crippen molar-refractivity contribution in [2.75, 3.05) is 31.1 Å². The van der Waals surface area contributed by atoms with Gasteiger partial charge in [-0.1, -0.05) is 0 Å². The van der Waals surface area contributed by atoms with E-state index in [1.165, 1.54) is 6.07 Å². The second-order valence-electron chi connectivity index (χ2n) is 7.67. The Balaban J connectivity index is 1.36. The van der Waals surface area contributed by atoms with E-state index in [2.05, 4.69) is 9.97 Å². The van der Waals surface area contributed by atoms with Gasteiger partial charge in [0.15, 0.2) is 0 Å². The number of nitrogens with zero attached hydrogens (tertiary/aromatic N) is 4. The van der Waals surface area contributed by atoms with Gasteiger partial charge < -0.3 is 19.0 Å². The zero-order valence-electron chi connectivity index (χ0n) is 13.9. The minimum absolute atomic E-state index is 0.0796. The van der Waals surface area contributed by atoms with Crippen LogP contribution in [0.25, 0.3) is 11.2 Å². The van der Waals surface area contributed by atoms with E-state index in [0.717, 1.165) is 19.3 Å². The zero-order chi connectivity index (χ0) is 17.1. The fraction of sp³-hybridized carbons (Fsp3) is 0.562. The predicted octanol–water partition coefficient (Wildman–Crippen LogP) is 2.42. The molecule has 0 atom stereocenters. The Labute approximate surface area is 138 Å². The smallest absolute Gasteiger partial charge is 0.410 e. The summed E-state index contributed by atoms with van der Waals surface area (Å²) in [6.07, 6.45) is 0.840. The van der Waals surface area contributed by atoms with E-state index in [9.17, 15) is 9.18 Å². The van der Waals surface area contributed by atoms with Crippen LogP contribution >= 0.6 is 0 Å². The van der Waals surface area contributed by atoms with Crippen molar-refractivity contribution >= 4 is 23.3 Å².